The van der Waals surface area contributed by atoms with Crippen molar-refractivity contribution in [1.82, 2.24) is 9.88 Å². The fourth-order valence-corrected chi connectivity index (χ4v) is 3.53. The van der Waals surface area contributed by atoms with Gasteiger partial charge >= 0.3 is 0 Å². The third-order valence-corrected chi connectivity index (χ3v) is 4.85. The first-order valence-corrected chi connectivity index (χ1v) is 8.49. The van der Waals surface area contributed by atoms with E-state index in [0.717, 1.165) is 33.8 Å². The average molecular weight is 352 g/mol. The molecule has 2 aromatic carbocycles. The van der Waals surface area contributed by atoms with Crippen LogP contribution in [0.3, 0.4) is 0 Å². The fraction of sp³-hybridized carbons (Fsp3) is 0.0526. The number of carbonyl (C=O) groups excluding carboxylic acids is 2. The molecule has 3 aromatic rings. The van der Waals surface area contributed by atoms with Crippen molar-refractivity contribution in [3.8, 4) is 0 Å². The molecule has 124 valence electrons. The van der Waals surface area contributed by atoms with E-state index in [1.165, 1.54) is 12.1 Å². The van der Waals surface area contributed by atoms with E-state index >= 15 is 0 Å². The molecule has 2 heterocycles. The van der Waals surface area contributed by atoms with Crippen LogP contribution in [0.1, 0.15) is 11.1 Å². The number of carbonyl (C=O) groups is 2. The Kier molecular flexibility index (Phi) is 3.89. The summed E-state index contributed by atoms with van der Waals surface area (Å²) in [5.74, 6) is -0.616. The van der Waals surface area contributed by atoms with Crippen LogP contribution in [0, 0.1) is 5.82 Å². The Bertz CT molecular complexity index is 1020. The molecule has 1 fully saturated rings. The average Bonchev–Trinajstić information content (AvgIpc) is 3.14. The number of benzene rings is 2. The van der Waals surface area contributed by atoms with Crippen molar-refractivity contribution < 1.29 is 14.0 Å². The van der Waals surface area contributed by atoms with Crippen molar-refractivity contribution in [3.63, 3.8) is 0 Å². The summed E-state index contributed by atoms with van der Waals surface area (Å²) in [5.41, 5.74) is 2.88. The Hall–Kier alpha value is -2.86. The van der Waals surface area contributed by atoms with Crippen LogP contribution in [0.4, 0.5) is 9.18 Å². The molecule has 25 heavy (non-hydrogen) atoms. The number of nitrogens with zero attached hydrogens (tertiary/aromatic N) is 1. The summed E-state index contributed by atoms with van der Waals surface area (Å²) in [4.78, 5) is 23.4. The van der Waals surface area contributed by atoms with Gasteiger partial charge in [0.05, 0.1) is 4.91 Å². The first-order valence-electron chi connectivity index (χ1n) is 7.67. The van der Waals surface area contributed by atoms with Crippen LogP contribution in [-0.4, -0.2) is 15.7 Å². The molecular formula is C19H13FN2O2S. The standard InChI is InChI=1S/C19H13FN2O2S/c20-14-6-4-12(5-7-14)11-22-9-8-15-13(2-1-3-16(15)22)10-17-18(23)21-19(24)25-17/h1-10H,11H2,(H,21,23,24)/b17-10-. The largest absolute Gasteiger partial charge is 0.343 e. The molecule has 4 nitrogen and oxygen atoms in total. The van der Waals surface area contributed by atoms with Crippen LogP contribution in [-0.2, 0) is 11.3 Å². The van der Waals surface area contributed by atoms with E-state index in [1.54, 1.807) is 18.2 Å². The summed E-state index contributed by atoms with van der Waals surface area (Å²) in [6.45, 7) is 0.623. The Morgan fingerprint density at radius 2 is 1.88 bits per heavy atom. The highest BCUT2D eigenvalue weighted by Crippen LogP contribution is 2.29. The smallest absolute Gasteiger partial charge is 0.290 e. The zero-order valence-electron chi connectivity index (χ0n) is 13.0. The van der Waals surface area contributed by atoms with Crippen molar-refractivity contribution in [2.45, 2.75) is 6.54 Å². The van der Waals surface area contributed by atoms with Crippen LogP contribution in [0.15, 0.2) is 59.6 Å². The number of hydrogen-bond donors (Lipinski definition) is 1. The van der Waals surface area contributed by atoms with Crippen LogP contribution < -0.4 is 5.32 Å². The predicted molar refractivity (Wildman–Crippen MR) is 96.5 cm³/mol. The minimum atomic E-state index is -0.363. The Labute approximate surface area is 147 Å². The van der Waals surface area contributed by atoms with Gasteiger partial charge in [-0.15, -0.1) is 0 Å². The molecule has 2 amide bonds. The first kappa shape index (κ1) is 15.7. The van der Waals surface area contributed by atoms with Gasteiger partial charge in [0.25, 0.3) is 11.1 Å². The van der Waals surface area contributed by atoms with Gasteiger partial charge in [-0.2, -0.15) is 0 Å². The molecule has 0 unspecified atom stereocenters. The maximum Gasteiger partial charge on any atom is 0.290 e. The number of imide groups is 1. The molecule has 0 saturated carbocycles. The van der Waals surface area contributed by atoms with Gasteiger partial charge in [-0.05, 0) is 53.2 Å². The molecule has 0 aliphatic carbocycles. The second kappa shape index (κ2) is 6.22. The normalized spacial score (nSPS) is 16.0. The maximum atomic E-state index is 13.1. The van der Waals surface area contributed by atoms with E-state index in [2.05, 4.69) is 9.88 Å². The van der Waals surface area contributed by atoms with Gasteiger partial charge in [0.2, 0.25) is 0 Å². The lowest BCUT2D eigenvalue weighted by Crippen LogP contribution is -2.17. The molecule has 0 radical (unpaired) electrons. The summed E-state index contributed by atoms with van der Waals surface area (Å²) in [6, 6.07) is 14.2. The zero-order valence-corrected chi connectivity index (χ0v) is 13.8. The highest BCUT2D eigenvalue weighted by molar-refractivity contribution is 8.18. The second-order valence-electron chi connectivity index (χ2n) is 5.70. The van der Waals surface area contributed by atoms with Gasteiger partial charge in [-0.1, -0.05) is 24.3 Å². The van der Waals surface area contributed by atoms with Gasteiger partial charge < -0.3 is 4.57 Å². The predicted octanol–water partition coefficient (Wildman–Crippen LogP) is 4.15. The van der Waals surface area contributed by atoms with Crippen molar-refractivity contribution in [1.29, 1.82) is 0 Å². The maximum absolute atomic E-state index is 13.1. The molecule has 1 saturated heterocycles. The monoisotopic (exact) mass is 352 g/mol. The van der Waals surface area contributed by atoms with E-state index < -0.39 is 0 Å². The minimum Gasteiger partial charge on any atom is -0.343 e. The highest BCUT2D eigenvalue weighted by atomic mass is 32.2. The Morgan fingerprint density at radius 1 is 1.08 bits per heavy atom. The van der Waals surface area contributed by atoms with Crippen LogP contribution in [0.25, 0.3) is 17.0 Å². The summed E-state index contributed by atoms with van der Waals surface area (Å²) < 4.78 is 15.1. The summed E-state index contributed by atoms with van der Waals surface area (Å²) >= 11 is 0.907. The molecule has 6 heteroatoms. The quantitative estimate of drug-likeness (QED) is 0.721. The number of nitrogens with one attached hydrogen (secondary N) is 1. The third-order valence-electron chi connectivity index (χ3n) is 4.04. The Balaban J connectivity index is 1.71. The van der Waals surface area contributed by atoms with Crippen molar-refractivity contribution in [3.05, 3.63) is 76.6 Å². The van der Waals surface area contributed by atoms with Crippen molar-refractivity contribution in [2.75, 3.05) is 0 Å². The SMILES string of the molecule is O=C1NC(=O)/C(=C/c2cccc3c2ccn3Cc2ccc(F)cc2)S1. The van der Waals surface area contributed by atoms with Crippen LogP contribution in [0.5, 0.6) is 0 Å². The van der Waals surface area contributed by atoms with E-state index in [0.29, 0.717) is 11.4 Å². The lowest BCUT2D eigenvalue weighted by molar-refractivity contribution is -0.115. The van der Waals surface area contributed by atoms with Gasteiger partial charge in [0.15, 0.2) is 0 Å². The molecule has 1 aliphatic heterocycles. The summed E-state index contributed by atoms with van der Waals surface area (Å²) in [7, 11) is 0. The fourth-order valence-electron chi connectivity index (χ4n) is 2.86. The van der Waals surface area contributed by atoms with E-state index in [9.17, 15) is 14.0 Å². The lowest BCUT2D eigenvalue weighted by atomic mass is 10.1. The zero-order chi connectivity index (χ0) is 17.4. The molecule has 0 spiro atoms. The van der Waals surface area contributed by atoms with Crippen LogP contribution >= 0.6 is 11.8 Å². The van der Waals surface area contributed by atoms with Crippen molar-refractivity contribution >= 4 is 39.9 Å². The Morgan fingerprint density at radius 3 is 2.60 bits per heavy atom. The highest BCUT2D eigenvalue weighted by Gasteiger charge is 2.25. The minimum absolute atomic E-state index is 0.253. The van der Waals surface area contributed by atoms with Gasteiger partial charge in [-0.25, -0.2) is 4.39 Å². The number of hydrogen-bond acceptors (Lipinski definition) is 3. The van der Waals surface area contributed by atoms with Gasteiger partial charge in [0.1, 0.15) is 5.82 Å². The molecule has 1 aromatic heterocycles. The third kappa shape index (κ3) is 3.08. The van der Waals surface area contributed by atoms with E-state index in [-0.39, 0.29) is 17.0 Å². The van der Waals surface area contributed by atoms with E-state index in [1.807, 2.05) is 30.5 Å². The van der Waals surface area contributed by atoms with E-state index in [4.69, 9.17) is 0 Å². The summed E-state index contributed by atoms with van der Waals surface area (Å²) in [6.07, 6.45) is 3.69. The van der Waals surface area contributed by atoms with Gasteiger partial charge in [0, 0.05) is 23.6 Å². The van der Waals surface area contributed by atoms with Gasteiger partial charge in [-0.3, -0.25) is 14.9 Å². The van der Waals surface area contributed by atoms with Crippen molar-refractivity contribution in [2.24, 2.45) is 0 Å². The molecule has 0 bridgehead atoms. The molecule has 1 N–H and O–H groups in total. The molecular weight excluding hydrogens is 339 g/mol. The number of rotatable bonds is 3. The first-order chi connectivity index (χ1) is 12.1. The lowest BCUT2D eigenvalue weighted by Gasteiger charge is -2.06. The summed E-state index contributed by atoms with van der Waals surface area (Å²) in [5, 5.41) is 2.90. The number of thioether (sulfide) groups is 1. The second-order valence-corrected chi connectivity index (χ2v) is 6.72. The number of amides is 2. The number of fused-ring (bicyclic) bond motifs is 1. The molecule has 4 rings (SSSR count). The molecule has 0 atom stereocenters. The van der Waals surface area contributed by atoms with Crippen LogP contribution in [0.2, 0.25) is 0 Å². The number of aromatic nitrogens is 1. The number of halogens is 1. The molecule has 1 aliphatic rings. The topological polar surface area (TPSA) is 51.1 Å².